The van der Waals surface area contributed by atoms with Crippen LogP contribution in [0.3, 0.4) is 0 Å². The van der Waals surface area contributed by atoms with Crippen LogP contribution >= 0.6 is 0 Å². The fourth-order valence-corrected chi connectivity index (χ4v) is 2.29. The van der Waals surface area contributed by atoms with Gasteiger partial charge in [-0.2, -0.15) is 0 Å². The molecule has 15 heavy (non-hydrogen) atoms. The summed E-state index contributed by atoms with van der Waals surface area (Å²) >= 11 is 0. The van der Waals surface area contributed by atoms with Gasteiger partial charge >= 0.3 is 6.03 Å². The number of amides is 2. The maximum absolute atomic E-state index is 11.9. The van der Waals surface area contributed by atoms with Gasteiger partial charge < -0.3 is 20.2 Å². The molecule has 0 bridgehead atoms. The lowest BCUT2D eigenvalue weighted by atomic mass is 10.2. The predicted molar refractivity (Wildman–Crippen MR) is 56.7 cm³/mol. The number of aliphatic hydroxyl groups excluding tert-OH is 1. The number of hydrogen-bond donors (Lipinski definition) is 2. The highest BCUT2D eigenvalue weighted by Crippen LogP contribution is 2.17. The van der Waals surface area contributed by atoms with Crippen molar-refractivity contribution in [2.45, 2.75) is 18.9 Å². The lowest BCUT2D eigenvalue weighted by molar-refractivity contribution is 0.178. The normalized spacial score (nSPS) is 25.9. The molecule has 2 aliphatic rings. The van der Waals surface area contributed by atoms with E-state index in [0.717, 1.165) is 45.6 Å². The van der Waals surface area contributed by atoms with Crippen LogP contribution in [-0.2, 0) is 0 Å². The van der Waals surface area contributed by atoms with E-state index in [4.69, 9.17) is 5.11 Å². The van der Waals surface area contributed by atoms with Gasteiger partial charge in [-0.25, -0.2) is 4.79 Å². The monoisotopic (exact) mass is 213 g/mol. The van der Waals surface area contributed by atoms with Gasteiger partial charge in [0.1, 0.15) is 0 Å². The fourth-order valence-electron chi connectivity index (χ4n) is 2.29. The van der Waals surface area contributed by atoms with Crippen molar-refractivity contribution in [2.75, 3.05) is 39.3 Å². The third-order valence-electron chi connectivity index (χ3n) is 3.13. The highest BCUT2D eigenvalue weighted by molar-refractivity contribution is 5.77. The minimum Gasteiger partial charge on any atom is -0.396 e. The van der Waals surface area contributed by atoms with E-state index in [1.807, 2.05) is 9.80 Å². The van der Waals surface area contributed by atoms with Crippen molar-refractivity contribution in [2.24, 2.45) is 0 Å². The van der Waals surface area contributed by atoms with Crippen LogP contribution in [0.5, 0.6) is 0 Å². The lowest BCUT2D eigenvalue weighted by Gasteiger charge is -2.28. The molecule has 2 N–H and O–H groups in total. The van der Waals surface area contributed by atoms with Crippen molar-refractivity contribution in [1.29, 1.82) is 0 Å². The number of unbranched alkanes of at least 4 members (excludes halogenated alkanes) is 1. The number of rotatable bonds is 4. The Morgan fingerprint density at radius 3 is 3.07 bits per heavy atom. The van der Waals surface area contributed by atoms with E-state index >= 15 is 0 Å². The Balaban J connectivity index is 1.84. The smallest absolute Gasteiger partial charge is 0.320 e. The quantitative estimate of drug-likeness (QED) is 0.617. The summed E-state index contributed by atoms with van der Waals surface area (Å²) in [5.41, 5.74) is 0. The van der Waals surface area contributed by atoms with Gasteiger partial charge in [0.25, 0.3) is 0 Å². The molecule has 2 fully saturated rings. The number of nitrogens with zero attached hydrogens (tertiary/aromatic N) is 2. The molecule has 86 valence electrons. The van der Waals surface area contributed by atoms with E-state index in [1.165, 1.54) is 0 Å². The second kappa shape index (κ2) is 4.81. The number of nitrogens with one attached hydrogen (secondary N) is 1. The Kier molecular flexibility index (Phi) is 3.43. The topological polar surface area (TPSA) is 55.8 Å². The fraction of sp³-hybridized carbons (Fsp3) is 0.900. The Morgan fingerprint density at radius 1 is 1.47 bits per heavy atom. The highest BCUT2D eigenvalue weighted by atomic mass is 16.3. The first-order valence-corrected chi connectivity index (χ1v) is 5.70. The molecule has 5 nitrogen and oxygen atoms in total. The second-order valence-corrected chi connectivity index (χ2v) is 4.21. The van der Waals surface area contributed by atoms with Gasteiger partial charge in [-0.05, 0) is 12.8 Å². The van der Waals surface area contributed by atoms with Gasteiger partial charge in [0.2, 0.25) is 0 Å². The molecule has 2 rings (SSSR count). The number of fused-ring (bicyclic) bond motifs is 1. The van der Waals surface area contributed by atoms with Gasteiger partial charge in [-0.15, -0.1) is 0 Å². The molecule has 2 aliphatic heterocycles. The van der Waals surface area contributed by atoms with Crippen molar-refractivity contribution >= 4 is 6.03 Å². The largest absolute Gasteiger partial charge is 0.396 e. The molecule has 1 unspecified atom stereocenters. The first-order valence-electron chi connectivity index (χ1n) is 5.70. The maximum atomic E-state index is 11.9. The van der Waals surface area contributed by atoms with Gasteiger partial charge in [-0.3, -0.25) is 0 Å². The molecule has 0 saturated carbocycles. The first kappa shape index (κ1) is 10.7. The van der Waals surface area contributed by atoms with Gasteiger partial charge in [0, 0.05) is 39.3 Å². The van der Waals surface area contributed by atoms with Crippen molar-refractivity contribution < 1.29 is 9.90 Å². The third-order valence-corrected chi connectivity index (χ3v) is 3.13. The van der Waals surface area contributed by atoms with Crippen LogP contribution < -0.4 is 5.32 Å². The summed E-state index contributed by atoms with van der Waals surface area (Å²) in [4.78, 5) is 15.8. The summed E-state index contributed by atoms with van der Waals surface area (Å²) in [6.45, 7) is 4.51. The van der Waals surface area contributed by atoms with E-state index in [-0.39, 0.29) is 12.6 Å². The van der Waals surface area contributed by atoms with Gasteiger partial charge in [0.15, 0.2) is 0 Å². The number of hydrogen-bond acceptors (Lipinski definition) is 3. The maximum Gasteiger partial charge on any atom is 0.320 e. The molecule has 2 amide bonds. The van der Waals surface area contributed by atoms with Crippen LogP contribution in [-0.4, -0.2) is 66.3 Å². The number of aliphatic hydroxyl groups is 1. The van der Waals surface area contributed by atoms with E-state index in [1.54, 1.807) is 0 Å². The average Bonchev–Trinajstić information content (AvgIpc) is 2.57. The summed E-state index contributed by atoms with van der Waals surface area (Å²) in [5.74, 6) is 0. The highest BCUT2D eigenvalue weighted by Gasteiger charge is 2.37. The minimum absolute atomic E-state index is 0.180. The summed E-state index contributed by atoms with van der Waals surface area (Å²) in [6.07, 6.45) is 1.68. The number of carbonyl (C=O) groups is 1. The lowest BCUT2D eigenvalue weighted by Crippen LogP contribution is -2.49. The van der Waals surface area contributed by atoms with Crippen LogP contribution in [0, 0.1) is 0 Å². The SMILES string of the molecule is O=C1N(CCCCO)CC2CNCCN12. The van der Waals surface area contributed by atoms with Crippen molar-refractivity contribution in [1.82, 2.24) is 15.1 Å². The predicted octanol–water partition coefficient (Wildman–Crippen LogP) is -0.532. The molecule has 2 saturated heterocycles. The average molecular weight is 213 g/mol. The molecule has 0 aromatic carbocycles. The van der Waals surface area contributed by atoms with Crippen molar-refractivity contribution in [3.8, 4) is 0 Å². The number of urea groups is 1. The standard InChI is InChI=1S/C10H19N3O2/c14-6-2-1-4-12-8-9-7-11-3-5-13(9)10(12)15/h9,11,14H,1-8H2. The number of carbonyl (C=O) groups excluding carboxylic acids is 1. The summed E-state index contributed by atoms with van der Waals surface area (Å²) in [6, 6.07) is 0.541. The minimum atomic E-state index is 0.180. The van der Waals surface area contributed by atoms with Crippen molar-refractivity contribution in [3.63, 3.8) is 0 Å². The zero-order chi connectivity index (χ0) is 10.7. The zero-order valence-corrected chi connectivity index (χ0v) is 8.98. The van der Waals surface area contributed by atoms with E-state index in [2.05, 4.69) is 5.32 Å². The van der Waals surface area contributed by atoms with Gasteiger partial charge in [-0.1, -0.05) is 0 Å². The Hall–Kier alpha value is -0.810. The van der Waals surface area contributed by atoms with Crippen LogP contribution in [0.2, 0.25) is 0 Å². The van der Waals surface area contributed by atoms with Gasteiger partial charge in [0.05, 0.1) is 6.04 Å². The van der Waals surface area contributed by atoms with Crippen molar-refractivity contribution in [3.05, 3.63) is 0 Å². The molecule has 0 aliphatic carbocycles. The third kappa shape index (κ3) is 2.23. The Morgan fingerprint density at radius 2 is 2.33 bits per heavy atom. The van der Waals surface area contributed by atoms with E-state index in [9.17, 15) is 4.79 Å². The van der Waals surface area contributed by atoms with Crippen LogP contribution in [0.15, 0.2) is 0 Å². The molecule has 5 heteroatoms. The molecule has 1 atom stereocenters. The van der Waals surface area contributed by atoms with E-state index in [0.29, 0.717) is 6.04 Å². The Bertz CT molecular complexity index is 235. The molecule has 0 aromatic heterocycles. The summed E-state index contributed by atoms with van der Waals surface area (Å²) in [7, 11) is 0. The van der Waals surface area contributed by atoms with E-state index < -0.39 is 0 Å². The molecular weight excluding hydrogens is 194 g/mol. The summed E-state index contributed by atoms with van der Waals surface area (Å²) in [5, 5.41) is 12.0. The summed E-state index contributed by atoms with van der Waals surface area (Å²) < 4.78 is 0. The van der Waals surface area contributed by atoms with Crippen LogP contribution in [0.25, 0.3) is 0 Å². The number of piperazine rings is 1. The first-order chi connectivity index (χ1) is 7.33. The zero-order valence-electron chi connectivity index (χ0n) is 8.98. The second-order valence-electron chi connectivity index (χ2n) is 4.21. The van der Waals surface area contributed by atoms with Crippen LogP contribution in [0.4, 0.5) is 4.79 Å². The molecule has 2 heterocycles. The Labute approximate surface area is 90.0 Å². The molecule has 0 aromatic rings. The van der Waals surface area contributed by atoms with Crippen LogP contribution in [0.1, 0.15) is 12.8 Å². The molecule has 0 radical (unpaired) electrons. The molecular formula is C10H19N3O2. The molecule has 0 spiro atoms.